The first-order valence-electron chi connectivity index (χ1n) is 6.24. The summed E-state index contributed by atoms with van der Waals surface area (Å²) in [5, 5.41) is 0.428. The minimum Gasteiger partial charge on any atom is -0.375 e. The molecular formula is C14H13N3O2S2. The van der Waals surface area contributed by atoms with Crippen molar-refractivity contribution < 1.29 is 8.42 Å². The topological polar surface area (TPSA) is 85.1 Å². The molecule has 3 aromatic rings. The van der Waals surface area contributed by atoms with Crippen LogP contribution in [-0.4, -0.2) is 13.4 Å². The Balaban J connectivity index is 1.85. The van der Waals surface area contributed by atoms with Gasteiger partial charge < -0.3 is 5.73 Å². The third-order valence-corrected chi connectivity index (χ3v) is 5.24. The number of hydrogen-bond donors (Lipinski definition) is 2. The number of nitrogen functional groups attached to an aromatic ring is 1. The van der Waals surface area contributed by atoms with E-state index in [0.29, 0.717) is 10.6 Å². The Hall–Kier alpha value is -1.96. The summed E-state index contributed by atoms with van der Waals surface area (Å²) in [5.41, 5.74) is 7.24. The van der Waals surface area contributed by atoms with Gasteiger partial charge in [0.1, 0.15) is 0 Å². The van der Waals surface area contributed by atoms with Crippen molar-refractivity contribution in [3.05, 3.63) is 54.1 Å². The lowest BCUT2D eigenvalue weighted by Crippen LogP contribution is -2.23. The van der Waals surface area contributed by atoms with Crippen LogP contribution < -0.4 is 10.5 Å². The maximum absolute atomic E-state index is 12.3. The third-order valence-electron chi connectivity index (χ3n) is 3.00. The van der Waals surface area contributed by atoms with E-state index in [9.17, 15) is 8.42 Å². The normalized spacial score (nSPS) is 11.8. The largest absolute Gasteiger partial charge is 0.375 e. The maximum atomic E-state index is 12.3. The first-order valence-corrected chi connectivity index (χ1v) is 8.54. The van der Waals surface area contributed by atoms with Gasteiger partial charge >= 0.3 is 0 Å². The zero-order valence-electron chi connectivity index (χ0n) is 11.0. The number of rotatable bonds is 4. The van der Waals surface area contributed by atoms with Gasteiger partial charge in [-0.1, -0.05) is 41.7 Å². The first kappa shape index (κ1) is 14.0. The van der Waals surface area contributed by atoms with Crippen molar-refractivity contribution in [3.8, 4) is 0 Å². The highest BCUT2D eigenvalue weighted by atomic mass is 32.2. The second-order valence-electron chi connectivity index (χ2n) is 4.49. The summed E-state index contributed by atoms with van der Waals surface area (Å²) in [5.74, 6) is 0. The van der Waals surface area contributed by atoms with Gasteiger partial charge in [0.05, 0.1) is 15.1 Å². The molecule has 3 rings (SSSR count). The predicted molar refractivity (Wildman–Crippen MR) is 84.5 cm³/mol. The molecule has 0 unspecified atom stereocenters. The number of anilines is 1. The predicted octanol–water partition coefficient (Wildman–Crippen LogP) is 2.36. The van der Waals surface area contributed by atoms with Gasteiger partial charge in [-0.2, -0.15) is 0 Å². The van der Waals surface area contributed by atoms with Crippen molar-refractivity contribution >= 4 is 36.7 Å². The number of nitrogens with zero attached hydrogens (tertiary/aromatic N) is 1. The van der Waals surface area contributed by atoms with Gasteiger partial charge in [0, 0.05) is 6.54 Å². The third kappa shape index (κ3) is 3.05. The van der Waals surface area contributed by atoms with E-state index in [4.69, 9.17) is 5.73 Å². The monoisotopic (exact) mass is 319 g/mol. The van der Waals surface area contributed by atoms with Gasteiger partial charge in [0.15, 0.2) is 5.13 Å². The van der Waals surface area contributed by atoms with E-state index in [1.54, 1.807) is 12.1 Å². The lowest BCUT2D eigenvalue weighted by atomic mass is 10.2. The molecule has 0 spiro atoms. The first-order chi connectivity index (χ1) is 10.0. The number of thiazole rings is 1. The summed E-state index contributed by atoms with van der Waals surface area (Å²) in [7, 11) is -3.55. The van der Waals surface area contributed by atoms with Gasteiger partial charge in [0.25, 0.3) is 0 Å². The average Bonchev–Trinajstić information content (AvgIpc) is 2.85. The minimum absolute atomic E-state index is 0.217. The molecule has 5 nitrogen and oxygen atoms in total. The standard InChI is InChI=1S/C14H13N3O2S2/c15-14-17-12-7-6-11(8-13(12)20-14)21(18,19)16-9-10-4-2-1-3-5-10/h1-8,16H,9H2,(H2,15,17). The highest BCUT2D eigenvalue weighted by Crippen LogP contribution is 2.26. The maximum Gasteiger partial charge on any atom is 0.240 e. The van der Waals surface area contributed by atoms with Crippen LogP contribution in [0.25, 0.3) is 10.2 Å². The molecule has 1 heterocycles. The SMILES string of the molecule is Nc1nc2ccc(S(=O)(=O)NCc3ccccc3)cc2s1. The molecule has 0 bridgehead atoms. The lowest BCUT2D eigenvalue weighted by molar-refractivity contribution is 0.581. The number of benzene rings is 2. The van der Waals surface area contributed by atoms with Gasteiger partial charge in [-0.15, -0.1) is 0 Å². The Labute approximate surface area is 126 Å². The van der Waals surface area contributed by atoms with Crippen LogP contribution in [0.1, 0.15) is 5.56 Å². The molecule has 0 saturated carbocycles. The molecule has 0 fully saturated rings. The van der Waals surface area contributed by atoms with Gasteiger partial charge in [-0.05, 0) is 23.8 Å². The molecule has 0 aliphatic carbocycles. The molecular weight excluding hydrogens is 306 g/mol. The number of sulfonamides is 1. The molecule has 0 aliphatic rings. The van der Waals surface area contributed by atoms with E-state index >= 15 is 0 Å². The zero-order chi connectivity index (χ0) is 14.9. The second-order valence-corrected chi connectivity index (χ2v) is 7.32. The van der Waals surface area contributed by atoms with Crippen molar-refractivity contribution in [2.75, 3.05) is 5.73 Å². The Morgan fingerprint density at radius 2 is 1.90 bits per heavy atom. The van der Waals surface area contributed by atoms with E-state index in [1.807, 2.05) is 30.3 Å². The molecule has 0 saturated heterocycles. The molecule has 1 aromatic heterocycles. The van der Waals surface area contributed by atoms with E-state index in [-0.39, 0.29) is 11.4 Å². The van der Waals surface area contributed by atoms with E-state index in [1.165, 1.54) is 17.4 Å². The van der Waals surface area contributed by atoms with E-state index in [2.05, 4.69) is 9.71 Å². The molecule has 0 atom stereocenters. The van der Waals surface area contributed by atoms with Crippen LogP contribution in [0.3, 0.4) is 0 Å². The minimum atomic E-state index is -3.55. The quantitative estimate of drug-likeness (QED) is 0.773. The fourth-order valence-corrected chi connectivity index (χ4v) is 3.84. The molecule has 108 valence electrons. The van der Waals surface area contributed by atoms with Crippen LogP contribution in [0.2, 0.25) is 0 Å². The number of nitrogens with two attached hydrogens (primary N) is 1. The Kier molecular flexibility index (Phi) is 3.62. The summed E-state index contributed by atoms with van der Waals surface area (Å²) >= 11 is 1.27. The Bertz CT molecular complexity index is 874. The summed E-state index contributed by atoms with van der Waals surface area (Å²) in [6.07, 6.45) is 0. The molecule has 21 heavy (non-hydrogen) atoms. The molecule has 0 radical (unpaired) electrons. The fourth-order valence-electron chi connectivity index (χ4n) is 1.95. The highest BCUT2D eigenvalue weighted by Gasteiger charge is 2.15. The van der Waals surface area contributed by atoms with Crippen molar-refractivity contribution in [2.24, 2.45) is 0 Å². The van der Waals surface area contributed by atoms with Crippen LogP contribution in [0.5, 0.6) is 0 Å². The van der Waals surface area contributed by atoms with Crippen LogP contribution >= 0.6 is 11.3 Å². The highest BCUT2D eigenvalue weighted by molar-refractivity contribution is 7.89. The van der Waals surface area contributed by atoms with E-state index < -0.39 is 10.0 Å². The average molecular weight is 319 g/mol. The zero-order valence-corrected chi connectivity index (χ0v) is 12.6. The van der Waals surface area contributed by atoms with Crippen molar-refractivity contribution in [2.45, 2.75) is 11.4 Å². The summed E-state index contributed by atoms with van der Waals surface area (Å²) in [6.45, 7) is 0.256. The van der Waals surface area contributed by atoms with Gasteiger partial charge in [0.2, 0.25) is 10.0 Å². The number of aromatic nitrogens is 1. The Morgan fingerprint density at radius 1 is 1.14 bits per heavy atom. The smallest absolute Gasteiger partial charge is 0.240 e. The molecule has 0 aliphatic heterocycles. The summed E-state index contributed by atoms with van der Waals surface area (Å²) < 4.78 is 27.9. The fraction of sp³-hybridized carbons (Fsp3) is 0.0714. The molecule has 7 heteroatoms. The summed E-state index contributed by atoms with van der Waals surface area (Å²) in [6, 6.07) is 14.2. The van der Waals surface area contributed by atoms with Gasteiger partial charge in [-0.3, -0.25) is 0 Å². The van der Waals surface area contributed by atoms with Crippen molar-refractivity contribution in [1.29, 1.82) is 0 Å². The van der Waals surface area contributed by atoms with Crippen LogP contribution in [0.15, 0.2) is 53.4 Å². The summed E-state index contributed by atoms with van der Waals surface area (Å²) in [4.78, 5) is 4.33. The molecule has 3 N–H and O–H groups in total. The second kappa shape index (κ2) is 5.44. The van der Waals surface area contributed by atoms with Crippen molar-refractivity contribution in [3.63, 3.8) is 0 Å². The number of hydrogen-bond acceptors (Lipinski definition) is 5. The van der Waals surface area contributed by atoms with Crippen LogP contribution in [-0.2, 0) is 16.6 Å². The van der Waals surface area contributed by atoms with E-state index in [0.717, 1.165) is 10.3 Å². The van der Waals surface area contributed by atoms with Crippen LogP contribution in [0.4, 0.5) is 5.13 Å². The van der Waals surface area contributed by atoms with Gasteiger partial charge in [-0.25, -0.2) is 18.1 Å². The molecule has 2 aromatic carbocycles. The number of nitrogens with one attached hydrogen (secondary N) is 1. The molecule has 0 amide bonds. The van der Waals surface area contributed by atoms with Crippen molar-refractivity contribution in [1.82, 2.24) is 9.71 Å². The van der Waals surface area contributed by atoms with Crippen LogP contribution in [0, 0.1) is 0 Å². The Morgan fingerprint density at radius 3 is 2.67 bits per heavy atom. The lowest BCUT2D eigenvalue weighted by Gasteiger charge is -2.06. The number of fused-ring (bicyclic) bond motifs is 1.